The molecule has 2 heterocycles. The number of benzene rings is 1. The van der Waals surface area contributed by atoms with Crippen LogP contribution in [0.1, 0.15) is 36.5 Å². The lowest BCUT2D eigenvalue weighted by atomic mass is 9.93. The molecule has 0 unspecified atom stereocenters. The molecule has 1 N–H and O–H groups in total. The van der Waals surface area contributed by atoms with Crippen LogP contribution < -0.4 is 5.32 Å². The highest BCUT2D eigenvalue weighted by Crippen LogP contribution is 2.21. The van der Waals surface area contributed by atoms with Crippen LogP contribution in [0.25, 0.3) is 0 Å². The Balaban J connectivity index is 1.46. The first-order valence-electron chi connectivity index (χ1n) is 8.56. The van der Waals surface area contributed by atoms with Gasteiger partial charge < -0.3 is 9.84 Å². The van der Waals surface area contributed by atoms with E-state index in [1.165, 1.54) is 24.8 Å². The highest BCUT2D eigenvalue weighted by atomic mass is 16.5. The van der Waals surface area contributed by atoms with Crippen molar-refractivity contribution >= 4 is 0 Å². The van der Waals surface area contributed by atoms with Crippen LogP contribution in [0.2, 0.25) is 0 Å². The summed E-state index contributed by atoms with van der Waals surface area (Å²) in [5, 5.41) is 7.38. The van der Waals surface area contributed by atoms with Gasteiger partial charge in [0.2, 0.25) is 5.89 Å². The lowest BCUT2D eigenvalue weighted by molar-refractivity contribution is 0.167. The Hall–Kier alpha value is -1.72. The summed E-state index contributed by atoms with van der Waals surface area (Å²) in [6.45, 7) is 4.20. The van der Waals surface area contributed by atoms with Crippen LogP contribution in [0.4, 0.5) is 0 Å². The first-order valence-corrected chi connectivity index (χ1v) is 8.56. The zero-order chi connectivity index (χ0) is 15.9. The lowest BCUT2D eigenvalue weighted by Gasteiger charge is -2.31. The molecule has 5 heteroatoms. The maximum absolute atomic E-state index is 5.39. The average Bonchev–Trinajstić information content (AvgIpc) is 3.02. The number of aromatic nitrogens is 2. The topological polar surface area (TPSA) is 54.2 Å². The van der Waals surface area contributed by atoms with Crippen molar-refractivity contribution in [3.63, 3.8) is 0 Å². The van der Waals surface area contributed by atoms with Gasteiger partial charge in [-0.05, 0) is 57.4 Å². The van der Waals surface area contributed by atoms with Crippen molar-refractivity contribution in [1.29, 1.82) is 0 Å². The molecule has 0 radical (unpaired) electrons. The average molecular weight is 314 g/mol. The largest absolute Gasteiger partial charge is 0.339 e. The van der Waals surface area contributed by atoms with E-state index in [1.54, 1.807) is 0 Å². The molecule has 0 saturated carbocycles. The third-order valence-electron chi connectivity index (χ3n) is 4.58. The zero-order valence-corrected chi connectivity index (χ0v) is 13.9. The van der Waals surface area contributed by atoms with Gasteiger partial charge in [-0.3, -0.25) is 4.90 Å². The minimum absolute atomic E-state index is 0.704. The van der Waals surface area contributed by atoms with Crippen molar-refractivity contribution in [2.75, 3.05) is 26.7 Å². The zero-order valence-electron chi connectivity index (χ0n) is 13.9. The van der Waals surface area contributed by atoms with Gasteiger partial charge >= 0.3 is 0 Å². The molecule has 2 aromatic rings. The van der Waals surface area contributed by atoms with E-state index in [0.717, 1.165) is 37.9 Å². The standard InChI is InChI=1S/C18H26N4O/c1-19-10-7-15-8-11-22(12-9-15)14-17-20-18(23-21-17)13-16-5-3-2-4-6-16/h2-6,15,19H,7-14H2,1H3. The van der Waals surface area contributed by atoms with Crippen LogP contribution in [0.3, 0.4) is 0 Å². The minimum Gasteiger partial charge on any atom is -0.339 e. The van der Waals surface area contributed by atoms with Gasteiger partial charge in [-0.25, -0.2) is 0 Å². The second kappa shape index (κ2) is 8.22. The molecular weight excluding hydrogens is 288 g/mol. The van der Waals surface area contributed by atoms with E-state index in [-0.39, 0.29) is 0 Å². The maximum atomic E-state index is 5.39. The third-order valence-corrected chi connectivity index (χ3v) is 4.58. The second-order valence-corrected chi connectivity index (χ2v) is 6.38. The van der Waals surface area contributed by atoms with E-state index in [1.807, 2.05) is 25.2 Å². The predicted molar refractivity (Wildman–Crippen MR) is 90.1 cm³/mol. The number of hydrogen-bond acceptors (Lipinski definition) is 5. The monoisotopic (exact) mass is 314 g/mol. The smallest absolute Gasteiger partial charge is 0.231 e. The molecular formula is C18H26N4O. The molecule has 0 atom stereocenters. The Labute approximate surface area is 138 Å². The van der Waals surface area contributed by atoms with Gasteiger partial charge in [0, 0.05) is 0 Å². The fourth-order valence-corrected chi connectivity index (χ4v) is 3.18. The summed E-state index contributed by atoms with van der Waals surface area (Å²) in [5.74, 6) is 2.37. The number of hydrogen-bond donors (Lipinski definition) is 1. The van der Waals surface area contributed by atoms with Crippen molar-refractivity contribution in [3.8, 4) is 0 Å². The summed E-state index contributed by atoms with van der Waals surface area (Å²) >= 11 is 0. The second-order valence-electron chi connectivity index (χ2n) is 6.38. The maximum Gasteiger partial charge on any atom is 0.231 e. The van der Waals surface area contributed by atoms with Gasteiger partial charge in [0.1, 0.15) is 0 Å². The number of nitrogens with zero attached hydrogens (tertiary/aromatic N) is 3. The Morgan fingerprint density at radius 2 is 2.00 bits per heavy atom. The molecule has 1 aliphatic heterocycles. The third kappa shape index (κ3) is 4.88. The minimum atomic E-state index is 0.704. The van der Waals surface area contributed by atoms with Crippen LogP contribution in [0.15, 0.2) is 34.9 Å². The normalized spacial score (nSPS) is 16.7. The number of rotatable bonds is 7. The van der Waals surface area contributed by atoms with Crippen LogP contribution >= 0.6 is 0 Å². The van der Waals surface area contributed by atoms with Crippen molar-refractivity contribution in [2.45, 2.75) is 32.2 Å². The molecule has 1 aromatic carbocycles. The molecule has 1 aliphatic rings. The summed E-state index contributed by atoms with van der Waals surface area (Å²) in [6.07, 6.45) is 4.54. The predicted octanol–water partition coefficient (Wildman–Crippen LogP) is 2.48. The lowest BCUT2D eigenvalue weighted by Crippen LogP contribution is -2.34. The van der Waals surface area contributed by atoms with E-state index < -0.39 is 0 Å². The van der Waals surface area contributed by atoms with Crippen molar-refractivity contribution in [3.05, 3.63) is 47.6 Å². The fourth-order valence-electron chi connectivity index (χ4n) is 3.18. The van der Waals surface area contributed by atoms with Gasteiger partial charge in [0.25, 0.3) is 0 Å². The molecule has 0 amide bonds. The molecule has 1 saturated heterocycles. The molecule has 124 valence electrons. The van der Waals surface area contributed by atoms with Crippen LogP contribution in [-0.2, 0) is 13.0 Å². The highest BCUT2D eigenvalue weighted by molar-refractivity contribution is 5.17. The summed E-state index contributed by atoms with van der Waals surface area (Å²) < 4.78 is 5.39. The number of nitrogens with one attached hydrogen (secondary N) is 1. The number of piperidine rings is 1. The highest BCUT2D eigenvalue weighted by Gasteiger charge is 2.20. The van der Waals surface area contributed by atoms with E-state index in [9.17, 15) is 0 Å². The molecule has 0 spiro atoms. The van der Waals surface area contributed by atoms with Crippen molar-refractivity contribution < 1.29 is 4.52 Å². The Bertz CT molecular complexity index is 576. The molecule has 0 bridgehead atoms. The molecule has 3 rings (SSSR count). The SMILES string of the molecule is CNCCC1CCN(Cc2noc(Cc3ccccc3)n2)CC1. The van der Waals surface area contributed by atoms with Crippen LogP contribution in [0, 0.1) is 5.92 Å². The molecule has 0 aliphatic carbocycles. The number of likely N-dealkylation sites (tertiary alicyclic amines) is 1. The van der Waals surface area contributed by atoms with Crippen molar-refractivity contribution in [1.82, 2.24) is 20.4 Å². The molecule has 23 heavy (non-hydrogen) atoms. The van der Waals surface area contributed by atoms with E-state index in [4.69, 9.17) is 4.52 Å². The van der Waals surface area contributed by atoms with Gasteiger partial charge in [-0.15, -0.1) is 0 Å². The Morgan fingerprint density at radius 1 is 1.22 bits per heavy atom. The van der Waals surface area contributed by atoms with Crippen LogP contribution in [0.5, 0.6) is 0 Å². The summed E-state index contributed by atoms with van der Waals surface area (Å²) in [6, 6.07) is 10.2. The quantitative estimate of drug-likeness (QED) is 0.851. The fraction of sp³-hybridized carbons (Fsp3) is 0.556. The van der Waals surface area contributed by atoms with Gasteiger partial charge in [-0.2, -0.15) is 4.98 Å². The van der Waals surface area contributed by atoms with Gasteiger partial charge in [0.15, 0.2) is 5.82 Å². The van der Waals surface area contributed by atoms with Crippen LogP contribution in [-0.4, -0.2) is 41.7 Å². The Kier molecular flexibility index (Phi) is 5.77. The summed E-state index contributed by atoms with van der Waals surface area (Å²) in [5.41, 5.74) is 1.20. The first-order chi connectivity index (χ1) is 11.3. The molecule has 5 nitrogen and oxygen atoms in total. The van der Waals surface area contributed by atoms with E-state index >= 15 is 0 Å². The van der Waals surface area contributed by atoms with Gasteiger partial charge in [0.05, 0.1) is 13.0 Å². The van der Waals surface area contributed by atoms with Crippen molar-refractivity contribution in [2.24, 2.45) is 5.92 Å². The van der Waals surface area contributed by atoms with Gasteiger partial charge in [-0.1, -0.05) is 35.5 Å². The summed E-state index contributed by atoms with van der Waals surface area (Å²) in [4.78, 5) is 6.98. The van der Waals surface area contributed by atoms with E-state index in [0.29, 0.717) is 12.3 Å². The summed E-state index contributed by atoms with van der Waals surface area (Å²) in [7, 11) is 2.03. The Morgan fingerprint density at radius 3 is 2.74 bits per heavy atom. The first kappa shape index (κ1) is 16.1. The molecule has 1 aromatic heterocycles. The molecule has 1 fully saturated rings. The van der Waals surface area contributed by atoms with E-state index in [2.05, 4.69) is 32.5 Å².